The van der Waals surface area contributed by atoms with Gasteiger partial charge in [0.05, 0.1) is 0 Å². The molecule has 0 amide bonds. The van der Waals surface area contributed by atoms with Crippen LogP contribution in [0.1, 0.15) is 52.9 Å². The van der Waals surface area contributed by atoms with Gasteiger partial charge >= 0.3 is 0 Å². The largest absolute Gasteiger partial charge is 0.122 e. The number of alkyl halides is 1. The monoisotopic (exact) mass is 266 g/mol. The molecule has 1 heteroatoms. The average Bonchev–Trinajstić information content (AvgIpc) is 2.29. The van der Waals surface area contributed by atoms with Crippen molar-refractivity contribution in [3.8, 4) is 0 Å². The second-order valence-corrected chi connectivity index (χ2v) is 5.23. The molecule has 0 fully saturated rings. The Bertz CT molecular complexity index is 315. The highest BCUT2D eigenvalue weighted by Gasteiger charge is 1.94. The van der Waals surface area contributed by atoms with Crippen molar-refractivity contribution in [2.75, 3.05) is 5.88 Å². The molecule has 0 unspecified atom stereocenters. The summed E-state index contributed by atoms with van der Waals surface area (Å²) in [6.45, 7) is 10.3. The Morgan fingerprint density at radius 2 is 1.67 bits per heavy atom. The first-order valence-electron chi connectivity index (χ1n) is 6.74. The summed E-state index contributed by atoms with van der Waals surface area (Å²) in [6.07, 6.45) is 14.2. The minimum Gasteiger partial charge on any atom is -0.122 e. The van der Waals surface area contributed by atoms with E-state index >= 15 is 0 Å². The van der Waals surface area contributed by atoms with Gasteiger partial charge in [-0.15, -0.1) is 18.2 Å². The van der Waals surface area contributed by atoms with Crippen LogP contribution < -0.4 is 0 Å². The fraction of sp³-hybridized carbons (Fsp3) is 0.529. The average molecular weight is 267 g/mol. The molecule has 0 saturated heterocycles. The molecule has 0 atom stereocenters. The molecule has 0 aromatic rings. The van der Waals surface area contributed by atoms with Gasteiger partial charge in [0, 0.05) is 5.88 Å². The summed E-state index contributed by atoms with van der Waals surface area (Å²) in [4.78, 5) is 0. The Hall–Kier alpha value is -0.750. The molecule has 0 nitrogen and oxygen atoms in total. The minimum atomic E-state index is 0.604. The molecule has 18 heavy (non-hydrogen) atoms. The third-order valence-electron chi connectivity index (χ3n) is 2.82. The van der Waals surface area contributed by atoms with Gasteiger partial charge in [-0.05, 0) is 52.9 Å². The van der Waals surface area contributed by atoms with Gasteiger partial charge in [-0.2, -0.15) is 0 Å². The molecular formula is C17H27Cl. The molecule has 102 valence electrons. The van der Waals surface area contributed by atoms with E-state index in [0.29, 0.717) is 5.88 Å². The molecular weight excluding hydrogens is 240 g/mol. The predicted molar refractivity (Wildman–Crippen MR) is 85.3 cm³/mol. The Morgan fingerprint density at radius 3 is 2.22 bits per heavy atom. The van der Waals surface area contributed by atoms with E-state index < -0.39 is 0 Å². The van der Waals surface area contributed by atoms with Crippen LogP contribution in [0.3, 0.4) is 0 Å². The van der Waals surface area contributed by atoms with Crippen molar-refractivity contribution in [3.05, 3.63) is 47.6 Å². The lowest BCUT2D eigenvalue weighted by atomic mass is 10.0. The predicted octanol–water partition coefficient (Wildman–Crippen LogP) is 6.20. The van der Waals surface area contributed by atoms with E-state index in [1.165, 1.54) is 23.1 Å². The number of hydrogen-bond donors (Lipinski definition) is 0. The van der Waals surface area contributed by atoms with E-state index in [1.54, 1.807) is 0 Å². The van der Waals surface area contributed by atoms with Crippen molar-refractivity contribution in [3.63, 3.8) is 0 Å². The van der Waals surface area contributed by atoms with Crippen molar-refractivity contribution in [1.29, 1.82) is 0 Å². The van der Waals surface area contributed by atoms with Crippen LogP contribution in [-0.4, -0.2) is 5.88 Å². The standard InChI is InChI=1S/C17H27Cl/c1-5-8-17(13-14-18)12-7-11-16(4)10-6-9-15(2)3/h5,9,11,13H,1,6-8,10,12,14H2,2-4H3/b16-11+,17-13+. The van der Waals surface area contributed by atoms with Gasteiger partial charge < -0.3 is 0 Å². The van der Waals surface area contributed by atoms with Crippen molar-refractivity contribution < 1.29 is 0 Å². The maximum Gasteiger partial charge on any atom is 0.0406 e. The zero-order valence-corrected chi connectivity index (χ0v) is 12.9. The second-order valence-electron chi connectivity index (χ2n) is 4.92. The van der Waals surface area contributed by atoms with Crippen molar-refractivity contribution in [2.45, 2.75) is 52.9 Å². The summed E-state index contributed by atoms with van der Waals surface area (Å²) in [5, 5.41) is 0. The molecule has 0 bridgehead atoms. The van der Waals surface area contributed by atoms with E-state index in [1.807, 2.05) is 6.08 Å². The van der Waals surface area contributed by atoms with Gasteiger partial charge in [0.1, 0.15) is 0 Å². The van der Waals surface area contributed by atoms with E-state index in [4.69, 9.17) is 11.6 Å². The molecule has 0 spiro atoms. The molecule has 0 N–H and O–H groups in total. The van der Waals surface area contributed by atoms with Crippen molar-refractivity contribution in [2.24, 2.45) is 0 Å². The SMILES string of the molecule is C=CC/C(=C\CCl)CC/C=C(\C)CCC=C(C)C. The summed E-state index contributed by atoms with van der Waals surface area (Å²) < 4.78 is 0. The van der Waals surface area contributed by atoms with Crippen LogP contribution in [-0.2, 0) is 0 Å². The van der Waals surface area contributed by atoms with Gasteiger partial charge in [-0.25, -0.2) is 0 Å². The van der Waals surface area contributed by atoms with Crippen LogP contribution >= 0.6 is 11.6 Å². The summed E-state index contributed by atoms with van der Waals surface area (Å²) in [6, 6.07) is 0. The lowest BCUT2D eigenvalue weighted by Crippen LogP contribution is -1.84. The fourth-order valence-electron chi connectivity index (χ4n) is 1.78. The third-order valence-corrected chi connectivity index (χ3v) is 2.98. The van der Waals surface area contributed by atoms with E-state index in [0.717, 1.165) is 25.7 Å². The molecule has 0 rings (SSSR count). The number of hydrogen-bond acceptors (Lipinski definition) is 0. The molecule has 0 saturated carbocycles. The van der Waals surface area contributed by atoms with Crippen molar-refractivity contribution in [1.82, 2.24) is 0 Å². The highest BCUT2D eigenvalue weighted by Crippen LogP contribution is 2.14. The van der Waals surface area contributed by atoms with Gasteiger partial charge in [0.25, 0.3) is 0 Å². The number of allylic oxidation sites excluding steroid dienone is 7. The molecule has 0 aliphatic heterocycles. The zero-order valence-electron chi connectivity index (χ0n) is 12.1. The van der Waals surface area contributed by atoms with E-state index in [-0.39, 0.29) is 0 Å². The smallest absolute Gasteiger partial charge is 0.0406 e. The first-order valence-corrected chi connectivity index (χ1v) is 7.27. The zero-order chi connectivity index (χ0) is 13.8. The van der Waals surface area contributed by atoms with Crippen molar-refractivity contribution >= 4 is 11.6 Å². The highest BCUT2D eigenvalue weighted by molar-refractivity contribution is 6.18. The minimum absolute atomic E-state index is 0.604. The van der Waals surface area contributed by atoms with Gasteiger partial charge in [0.2, 0.25) is 0 Å². The van der Waals surface area contributed by atoms with Gasteiger partial charge in [-0.1, -0.05) is 41.0 Å². The first-order chi connectivity index (χ1) is 8.60. The maximum atomic E-state index is 5.74. The Morgan fingerprint density at radius 1 is 1.00 bits per heavy atom. The molecule has 0 aromatic carbocycles. The van der Waals surface area contributed by atoms with E-state index in [9.17, 15) is 0 Å². The van der Waals surface area contributed by atoms with Gasteiger partial charge in [-0.3, -0.25) is 0 Å². The summed E-state index contributed by atoms with van der Waals surface area (Å²) in [7, 11) is 0. The Labute approximate surface area is 118 Å². The lowest BCUT2D eigenvalue weighted by Gasteiger charge is -2.03. The highest BCUT2D eigenvalue weighted by atomic mass is 35.5. The van der Waals surface area contributed by atoms with Crippen LogP contribution in [0, 0.1) is 0 Å². The van der Waals surface area contributed by atoms with Crippen LogP contribution in [0.15, 0.2) is 47.6 Å². The normalized spacial score (nSPS) is 12.4. The van der Waals surface area contributed by atoms with Crippen LogP contribution in [0.4, 0.5) is 0 Å². The van der Waals surface area contributed by atoms with Crippen LogP contribution in [0.2, 0.25) is 0 Å². The molecule has 0 radical (unpaired) electrons. The quantitative estimate of drug-likeness (QED) is 0.344. The molecule has 0 heterocycles. The van der Waals surface area contributed by atoms with E-state index in [2.05, 4.69) is 45.6 Å². The molecule has 0 aliphatic rings. The van der Waals surface area contributed by atoms with Crippen LogP contribution in [0.5, 0.6) is 0 Å². The summed E-state index contributed by atoms with van der Waals surface area (Å²) >= 11 is 5.74. The summed E-state index contributed by atoms with van der Waals surface area (Å²) in [5.74, 6) is 0.604. The van der Waals surface area contributed by atoms with Gasteiger partial charge in [0.15, 0.2) is 0 Å². The lowest BCUT2D eigenvalue weighted by molar-refractivity contribution is 0.901. The molecule has 0 aromatic heterocycles. The maximum absolute atomic E-state index is 5.74. The number of halogens is 1. The Kier molecular flexibility index (Phi) is 10.9. The fourth-order valence-corrected chi connectivity index (χ4v) is 1.99. The third kappa shape index (κ3) is 10.4. The topological polar surface area (TPSA) is 0 Å². The first kappa shape index (κ1) is 17.2. The van der Waals surface area contributed by atoms with Crippen LogP contribution in [0.25, 0.3) is 0 Å². The Balaban J connectivity index is 4.01. The summed E-state index contributed by atoms with van der Waals surface area (Å²) in [5.41, 5.74) is 4.28. The second kappa shape index (κ2) is 11.3. The number of rotatable bonds is 9. The molecule has 0 aliphatic carbocycles.